The predicted octanol–water partition coefficient (Wildman–Crippen LogP) is 3.46. The van der Waals surface area contributed by atoms with Crippen molar-refractivity contribution in [3.05, 3.63) is 38.9 Å². The van der Waals surface area contributed by atoms with Crippen molar-refractivity contribution in [1.29, 1.82) is 0 Å². The van der Waals surface area contributed by atoms with Crippen LogP contribution in [0.15, 0.2) is 33.2 Å². The van der Waals surface area contributed by atoms with Gasteiger partial charge in [0.25, 0.3) is 0 Å². The molecule has 0 aliphatic carbocycles. The minimum absolute atomic E-state index is 0.0290. The number of nitrogens with zero attached hydrogens (tertiary/aromatic N) is 1. The van der Waals surface area contributed by atoms with Crippen LogP contribution in [-0.4, -0.2) is 16.1 Å². The van der Waals surface area contributed by atoms with E-state index in [2.05, 4.69) is 36.8 Å². The minimum Gasteiger partial charge on any atom is -0.477 e. The van der Waals surface area contributed by atoms with Crippen LogP contribution in [0.5, 0.6) is 0 Å². The second-order valence-electron chi connectivity index (χ2n) is 2.93. The van der Waals surface area contributed by atoms with Crippen molar-refractivity contribution < 1.29 is 9.90 Å². The predicted molar refractivity (Wildman–Crippen MR) is 64.1 cm³/mol. The first kappa shape index (κ1) is 10.6. The number of hydrogen-bond acceptors (Lipinski definition) is 2. The third-order valence-corrected chi connectivity index (χ3v) is 3.25. The van der Waals surface area contributed by atoms with Crippen LogP contribution in [0, 0.1) is 0 Å². The average Bonchev–Trinajstić information content (AvgIpc) is 2.19. The summed E-state index contributed by atoms with van der Waals surface area (Å²) >= 11 is 6.66. The van der Waals surface area contributed by atoms with Crippen LogP contribution in [0.25, 0.3) is 10.9 Å². The molecule has 1 aromatic heterocycles. The standard InChI is InChI=1S/C10H5Br2NO2/c11-6-3-1-2-5-7(12)4-8(10(14)15)13-9(5)6/h1-4H,(H,14,15). The highest BCUT2D eigenvalue weighted by Gasteiger charge is 2.10. The molecule has 2 aromatic rings. The quantitative estimate of drug-likeness (QED) is 0.871. The molecule has 0 aliphatic rings. The second-order valence-corrected chi connectivity index (χ2v) is 4.64. The second kappa shape index (κ2) is 3.90. The number of aromatic nitrogens is 1. The molecule has 0 atom stereocenters. The summed E-state index contributed by atoms with van der Waals surface area (Å²) in [6, 6.07) is 7.08. The number of carboxylic acids is 1. The first-order valence-corrected chi connectivity index (χ1v) is 5.66. The molecule has 0 aliphatic heterocycles. The number of halogens is 2. The third-order valence-electron chi connectivity index (χ3n) is 1.96. The van der Waals surface area contributed by atoms with E-state index in [1.807, 2.05) is 18.2 Å². The van der Waals surface area contributed by atoms with E-state index >= 15 is 0 Å². The Kier molecular flexibility index (Phi) is 2.75. The number of fused-ring (bicyclic) bond motifs is 1. The Morgan fingerprint density at radius 3 is 2.67 bits per heavy atom. The van der Waals surface area contributed by atoms with E-state index in [9.17, 15) is 4.79 Å². The number of benzene rings is 1. The molecule has 15 heavy (non-hydrogen) atoms. The van der Waals surface area contributed by atoms with Crippen molar-refractivity contribution in [2.45, 2.75) is 0 Å². The molecule has 2 rings (SSSR count). The zero-order valence-corrected chi connectivity index (χ0v) is 10.5. The SMILES string of the molecule is O=C(O)c1cc(Br)c2cccc(Br)c2n1. The van der Waals surface area contributed by atoms with Crippen LogP contribution >= 0.6 is 31.9 Å². The van der Waals surface area contributed by atoms with Crippen molar-refractivity contribution in [2.24, 2.45) is 0 Å². The molecule has 0 spiro atoms. The van der Waals surface area contributed by atoms with Gasteiger partial charge >= 0.3 is 5.97 Å². The molecule has 0 radical (unpaired) electrons. The highest BCUT2D eigenvalue weighted by atomic mass is 79.9. The maximum atomic E-state index is 10.8. The van der Waals surface area contributed by atoms with Crippen LogP contribution in [-0.2, 0) is 0 Å². The van der Waals surface area contributed by atoms with E-state index in [0.717, 1.165) is 14.3 Å². The molecule has 1 aromatic carbocycles. The highest BCUT2D eigenvalue weighted by Crippen LogP contribution is 2.28. The van der Waals surface area contributed by atoms with Gasteiger partial charge in [0.1, 0.15) is 5.69 Å². The fraction of sp³-hybridized carbons (Fsp3) is 0. The van der Waals surface area contributed by atoms with Gasteiger partial charge in [0.05, 0.1) is 5.52 Å². The fourth-order valence-corrected chi connectivity index (χ4v) is 2.27. The number of para-hydroxylation sites is 1. The largest absolute Gasteiger partial charge is 0.477 e. The third kappa shape index (κ3) is 1.89. The number of carbonyl (C=O) groups is 1. The van der Waals surface area contributed by atoms with Crippen molar-refractivity contribution in [2.75, 3.05) is 0 Å². The van der Waals surface area contributed by atoms with Crippen LogP contribution < -0.4 is 0 Å². The number of carboxylic acid groups (broad SMARTS) is 1. The van der Waals surface area contributed by atoms with Gasteiger partial charge in [0.15, 0.2) is 0 Å². The summed E-state index contributed by atoms with van der Waals surface area (Å²) in [5.74, 6) is -1.03. The van der Waals surface area contributed by atoms with Gasteiger partial charge in [-0.3, -0.25) is 0 Å². The highest BCUT2D eigenvalue weighted by molar-refractivity contribution is 9.11. The van der Waals surface area contributed by atoms with Crippen molar-refractivity contribution in [3.8, 4) is 0 Å². The van der Waals surface area contributed by atoms with E-state index in [4.69, 9.17) is 5.11 Å². The van der Waals surface area contributed by atoms with Gasteiger partial charge < -0.3 is 5.11 Å². The van der Waals surface area contributed by atoms with Gasteiger partial charge in [-0.1, -0.05) is 28.1 Å². The molecular formula is C10H5Br2NO2. The summed E-state index contributed by atoms with van der Waals surface area (Å²) in [6.45, 7) is 0. The van der Waals surface area contributed by atoms with Crippen LogP contribution in [0.4, 0.5) is 0 Å². The summed E-state index contributed by atoms with van der Waals surface area (Å²) in [7, 11) is 0. The van der Waals surface area contributed by atoms with Crippen LogP contribution in [0.2, 0.25) is 0 Å². The molecule has 0 saturated heterocycles. The molecule has 0 bridgehead atoms. The topological polar surface area (TPSA) is 50.2 Å². The van der Waals surface area contributed by atoms with E-state index in [-0.39, 0.29) is 5.69 Å². The van der Waals surface area contributed by atoms with E-state index < -0.39 is 5.97 Å². The lowest BCUT2D eigenvalue weighted by Crippen LogP contribution is -2.00. The Morgan fingerprint density at radius 1 is 1.27 bits per heavy atom. The Labute approximate surface area is 102 Å². The van der Waals surface area contributed by atoms with Crippen LogP contribution in [0.3, 0.4) is 0 Å². The maximum Gasteiger partial charge on any atom is 0.354 e. The van der Waals surface area contributed by atoms with Crippen molar-refractivity contribution >= 4 is 48.7 Å². The average molecular weight is 331 g/mol. The lowest BCUT2D eigenvalue weighted by molar-refractivity contribution is 0.0691. The molecule has 1 heterocycles. The minimum atomic E-state index is -1.03. The lowest BCUT2D eigenvalue weighted by Gasteiger charge is -2.03. The van der Waals surface area contributed by atoms with E-state index in [1.165, 1.54) is 6.07 Å². The van der Waals surface area contributed by atoms with Gasteiger partial charge in [-0.25, -0.2) is 9.78 Å². The number of rotatable bonds is 1. The molecule has 0 saturated carbocycles. The Hall–Kier alpha value is -0.940. The zero-order chi connectivity index (χ0) is 11.0. The molecular weight excluding hydrogens is 326 g/mol. The van der Waals surface area contributed by atoms with Gasteiger partial charge in [-0.2, -0.15) is 0 Å². The normalized spacial score (nSPS) is 10.5. The molecule has 1 N–H and O–H groups in total. The Balaban J connectivity index is 2.85. The molecule has 0 unspecified atom stereocenters. The molecule has 5 heteroatoms. The first-order valence-electron chi connectivity index (χ1n) is 4.07. The molecule has 3 nitrogen and oxygen atoms in total. The van der Waals surface area contributed by atoms with E-state index in [1.54, 1.807) is 0 Å². The van der Waals surface area contributed by atoms with Gasteiger partial charge in [-0.05, 0) is 28.1 Å². The number of pyridine rings is 1. The fourth-order valence-electron chi connectivity index (χ4n) is 1.28. The number of hydrogen-bond donors (Lipinski definition) is 1. The first-order chi connectivity index (χ1) is 7.09. The van der Waals surface area contributed by atoms with Crippen molar-refractivity contribution in [1.82, 2.24) is 4.98 Å². The van der Waals surface area contributed by atoms with Gasteiger partial charge in [0.2, 0.25) is 0 Å². The summed E-state index contributed by atoms with van der Waals surface area (Å²) in [5.41, 5.74) is 0.672. The molecule has 76 valence electrons. The Bertz CT molecular complexity index is 554. The summed E-state index contributed by atoms with van der Waals surface area (Å²) in [6.07, 6.45) is 0. The number of aromatic carboxylic acids is 1. The van der Waals surface area contributed by atoms with Crippen LogP contribution in [0.1, 0.15) is 10.5 Å². The molecule has 0 fully saturated rings. The lowest BCUT2D eigenvalue weighted by atomic mass is 10.2. The smallest absolute Gasteiger partial charge is 0.354 e. The monoisotopic (exact) mass is 329 g/mol. The van der Waals surface area contributed by atoms with Gasteiger partial charge in [-0.15, -0.1) is 0 Å². The summed E-state index contributed by atoms with van der Waals surface area (Å²) < 4.78 is 1.51. The molecule has 0 amide bonds. The zero-order valence-electron chi connectivity index (χ0n) is 7.37. The van der Waals surface area contributed by atoms with Crippen molar-refractivity contribution in [3.63, 3.8) is 0 Å². The summed E-state index contributed by atoms with van der Waals surface area (Å²) in [5, 5.41) is 9.74. The van der Waals surface area contributed by atoms with E-state index in [0.29, 0.717) is 5.52 Å². The Morgan fingerprint density at radius 2 is 2.00 bits per heavy atom. The van der Waals surface area contributed by atoms with Gasteiger partial charge in [0, 0.05) is 14.3 Å². The summed E-state index contributed by atoms with van der Waals surface area (Å²) in [4.78, 5) is 14.9. The maximum absolute atomic E-state index is 10.8.